The van der Waals surface area contributed by atoms with Crippen LogP contribution in [0.15, 0.2) is 42.5 Å². The molecule has 1 aromatic heterocycles. The standard InChI is InChI=1S/C31H36F3N5O/c1-20(2)23-10-9-21(3)28(17-23)38-12-11-27-25(19-38)30(39-14-13-37(15-16-40)18-22(39)4)36-29(35-27)24-7-5-6-8-26(24)31(32,33)34/h5-10,16-17,20,22H,11-15,18-19H2,1-4H3. The van der Waals surface area contributed by atoms with Gasteiger partial charge in [0.25, 0.3) is 0 Å². The first kappa shape index (κ1) is 28.1. The fourth-order valence-corrected chi connectivity index (χ4v) is 5.83. The highest BCUT2D eigenvalue weighted by Crippen LogP contribution is 2.39. The Labute approximate surface area is 233 Å². The number of aromatic nitrogens is 2. The van der Waals surface area contributed by atoms with Crippen molar-refractivity contribution in [3.63, 3.8) is 0 Å². The van der Waals surface area contributed by atoms with E-state index in [1.54, 1.807) is 6.07 Å². The smallest absolute Gasteiger partial charge is 0.366 e. The van der Waals surface area contributed by atoms with E-state index in [1.165, 1.54) is 23.3 Å². The zero-order valence-corrected chi connectivity index (χ0v) is 23.5. The number of benzene rings is 2. The number of halogens is 3. The molecule has 0 bridgehead atoms. The number of fused-ring (bicyclic) bond motifs is 1. The molecule has 2 aliphatic rings. The van der Waals surface area contributed by atoms with E-state index in [0.29, 0.717) is 50.9 Å². The number of alkyl halides is 3. The van der Waals surface area contributed by atoms with Gasteiger partial charge >= 0.3 is 6.18 Å². The molecule has 3 aromatic rings. The van der Waals surface area contributed by atoms with E-state index in [0.717, 1.165) is 35.8 Å². The minimum Gasteiger partial charge on any atom is -0.366 e. The number of hydrogen-bond donors (Lipinski definition) is 0. The van der Waals surface area contributed by atoms with Crippen LogP contribution in [0.4, 0.5) is 24.7 Å². The van der Waals surface area contributed by atoms with Gasteiger partial charge in [0.2, 0.25) is 0 Å². The van der Waals surface area contributed by atoms with E-state index in [9.17, 15) is 18.0 Å². The molecule has 212 valence electrons. The number of nitrogens with zero attached hydrogens (tertiary/aromatic N) is 5. The summed E-state index contributed by atoms with van der Waals surface area (Å²) in [6, 6.07) is 12.1. The fraction of sp³-hybridized carbons (Fsp3) is 0.452. The molecule has 0 radical (unpaired) electrons. The second-order valence-electron chi connectivity index (χ2n) is 11.2. The molecule has 1 saturated heterocycles. The number of carbonyl (C=O) groups excluding carboxylic acids is 1. The summed E-state index contributed by atoms with van der Waals surface area (Å²) in [6.45, 7) is 12.2. The van der Waals surface area contributed by atoms with Crippen molar-refractivity contribution in [3.8, 4) is 11.4 Å². The van der Waals surface area contributed by atoms with E-state index < -0.39 is 11.7 Å². The van der Waals surface area contributed by atoms with Gasteiger partial charge in [-0.2, -0.15) is 13.2 Å². The van der Waals surface area contributed by atoms with E-state index in [-0.39, 0.29) is 17.4 Å². The summed E-state index contributed by atoms with van der Waals surface area (Å²) in [7, 11) is 0. The lowest BCUT2D eigenvalue weighted by atomic mass is 9.97. The molecular weight excluding hydrogens is 515 g/mol. The lowest BCUT2D eigenvalue weighted by Crippen LogP contribution is -2.53. The van der Waals surface area contributed by atoms with Gasteiger partial charge in [0.15, 0.2) is 5.82 Å². The van der Waals surface area contributed by atoms with Crippen LogP contribution >= 0.6 is 0 Å². The predicted octanol–water partition coefficient (Wildman–Crippen LogP) is 5.87. The third-order valence-electron chi connectivity index (χ3n) is 8.07. The summed E-state index contributed by atoms with van der Waals surface area (Å²) >= 11 is 0. The normalized spacial score (nSPS) is 18.2. The van der Waals surface area contributed by atoms with Crippen LogP contribution in [0.3, 0.4) is 0 Å². The third-order valence-corrected chi connectivity index (χ3v) is 8.07. The molecule has 1 fully saturated rings. The maximum absolute atomic E-state index is 14.0. The topological polar surface area (TPSA) is 52.6 Å². The van der Waals surface area contributed by atoms with Crippen molar-refractivity contribution in [1.82, 2.24) is 14.9 Å². The minimum absolute atomic E-state index is 0.00537. The summed E-state index contributed by atoms with van der Waals surface area (Å²) in [5.74, 6) is 1.20. The van der Waals surface area contributed by atoms with Gasteiger partial charge in [0.1, 0.15) is 12.1 Å². The van der Waals surface area contributed by atoms with Gasteiger partial charge in [0.05, 0.1) is 17.8 Å². The van der Waals surface area contributed by atoms with E-state index in [1.807, 2.05) is 0 Å². The number of aldehydes is 1. The fourth-order valence-electron chi connectivity index (χ4n) is 5.83. The first-order chi connectivity index (χ1) is 19.1. The van der Waals surface area contributed by atoms with Gasteiger partial charge in [-0.05, 0) is 43.0 Å². The van der Waals surface area contributed by atoms with Crippen molar-refractivity contribution in [1.29, 1.82) is 0 Å². The van der Waals surface area contributed by atoms with Gasteiger partial charge in [0, 0.05) is 62.0 Å². The Balaban J connectivity index is 1.60. The average Bonchev–Trinajstić information content (AvgIpc) is 2.92. The number of carbonyl (C=O) groups is 1. The SMILES string of the molecule is Cc1ccc(C(C)C)cc1N1CCc2nc(-c3ccccc3C(F)(F)F)nc(N3CCN(CC=O)CC3C)c2C1. The summed E-state index contributed by atoms with van der Waals surface area (Å²) in [6.07, 6.45) is -3.00. The number of piperazine rings is 1. The Morgan fingerprint density at radius 1 is 1.07 bits per heavy atom. The molecule has 1 unspecified atom stereocenters. The van der Waals surface area contributed by atoms with Gasteiger partial charge in [-0.1, -0.05) is 44.2 Å². The summed E-state index contributed by atoms with van der Waals surface area (Å²) in [4.78, 5) is 27.4. The van der Waals surface area contributed by atoms with Crippen molar-refractivity contribution in [2.45, 2.75) is 58.8 Å². The van der Waals surface area contributed by atoms with Crippen LogP contribution in [-0.2, 0) is 23.9 Å². The van der Waals surface area contributed by atoms with Crippen molar-refractivity contribution < 1.29 is 18.0 Å². The maximum Gasteiger partial charge on any atom is 0.417 e. The van der Waals surface area contributed by atoms with Crippen LogP contribution < -0.4 is 9.80 Å². The zero-order chi connectivity index (χ0) is 28.6. The quantitative estimate of drug-likeness (QED) is 0.358. The predicted molar refractivity (Wildman–Crippen MR) is 152 cm³/mol. The van der Waals surface area contributed by atoms with Crippen LogP contribution in [0, 0.1) is 6.92 Å². The van der Waals surface area contributed by atoms with Crippen molar-refractivity contribution >= 4 is 17.8 Å². The van der Waals surface area contributed by atoms with Crippen LogP contribution in [0.5, 0.6) is 0 Å². The highest BCUT2D eigenvalue weighted by atomic mass is 19.4. The minimum atomic E-state index is -4.51. The van der Waals surface area contributed by atoms with Crippen molar-refractivity contribution in [2.75, 3.05) is 42.5 Å². The summed E-state index contributed by atoms with van der Waals surface area (Å²) < 4.78 is 41.9. The molecule has 0 aliphatic carbocycles. The number of anilines is 2. The van der Waals surface area contributed by atoms with Gasteiger partial charge in [-0.25, -0.2) is 9.97 Å². The van der Waals surface area contributed by atoms with Gasteiger partial charge < -0.3 is 14.6 Å². The largest absolute Gasteiger partial charge is 0.417 e. The Morgan fingerprint density at radius 2 is 1.85 bits per heavy atom. The molecule has 6 nitrogen and oxygen atoms in total. The Bertz CT molecular complexity index is 1390. The highest BCUT2D eigenvalue weighted by Gasteiger charge is 2.36. The Hall–Kier alpha value is -3.46. The number of rotatable bonds is 6. The Morgan fingerprint density at radius 3 is 2.55 bits per heavy atom. The van der Waals surface area contributed by atoms with Crippen LogP contribution in [0.1, 0.15) is 54.6 Å². The molecule has 0 spiro atoms. The number of aryl methyl sites for hydroxylation is 1. The highest BCUT2D eigenvalue weighted by molar-refractivity contribution is 5.67. The monoisotopic (exact) mass is 551 g/mol. The van der Waals surface area contributed by atoms with E-state index in [2.05, 4.69) is 60.6 Å². The molecule has 0 N–H and O–H groups in total. The van der Waals surface area contributed by atoms with E-state index in [4.69, 9.17) is 9.97 Å². The van der Waals surface area contributed by atoms with Crippen LogP contribution in [0.2, 0.25) is 0 Å². The van der Waals surface area contributed by atoms with Crippen molar-refractivity contribution in [3.05, 3.63) is 70.4 Å². The molecule has 0 saturated carbocycles. The molecule has 9 heteroatoms. The second kappa shape index (κ2) is 11.2. The molecule has 2 aliphatic heterocycles. The average molecular weight is 552 g/mol. The summed E-state index contributed by atoms with van der Waals surface area (Å²) in [5, 5.41) is 0. The van der Waals surface area contributed by atoms with Crippen LogP contribution in [-0.4, -0.2) is 59.9 Å². The van der Waals surface area contributed by atoms with Crippen LogP contribution in [0.25, 0.3) is 11.4 Å². The Kier molecular flexibility index (Phi) is 7.86. The molecule has 5 rings (SSSR count). The molecule has 3 heterocycles. The van der Waals surface area contributed by atoms with Gasteiger partial charge in [-0.15, -0.1) is 0 Å². The summed E-state index contributed by atoms with van der Waals surface area (Å²) in [5.41, 5.74) is 4.64. The van der Waals surface area contributed by atoms with E-state index >= 15 is 0 Å². The lowest BCUT2D eigenvalue weighted by Gasteiger charge is -2.42. The maximum atomic E-state index is 14.0. The second-order valence-corrected chi connectivity index (χ2v) is 11.2. The molecular formula is C31H36F3N5O. The molecule has 0 amide bonds. The molecule has 2 aromatic carbocycles. The first-order valence-electron chi connectivity index (χ1n) is 13.9. The first-order valence-corrected chi connectivity index (χ1v) is 13.9. The third kappa shape index (κ3) is 5.57. The number of hydrogen-bond acceptors (Lipinski definition) is 6. The lowest BCUT2D eigenvalue weighted by molar-refractivity contribution is -0.137. The molecule has 1 atom stereocenters. The van der Waals surface area contributed by atoms with Gasteiger partial charge in [-0.3, -0.25) is 4.90 Å². The van der Waals surface area contributed by atoms with Crippen molar-refractivity contribution in [2.24, 2.45) is 0 Å². The molecule has 40 heavy (non-hydrogen) atoms. The zero-order valence-electron chi connectivity index (χ0n) is 23.5.